The van der Waals surface area contributed by atoms with Crippen molar-refractivity contribution in [1.29, 1.82) is 0 Å². The van der Waals surface area contributed by atoms with Crippen LogP contribution in [0.5, 0.6) is 5.75 Å². The van der Waals surface area contributed by atoms with E-state index in [1.165, 1.54) is 5.56 Å². The molecule has 1 aromatic rings. The fourth-order valence-corrected chi connectivity index (χ4v) is 2.41. The van der Waals surface area contributed by atoms with E-state index in [1.54, 1.807) is 0 Å². The fourth-order valence-electron chi connectivity index (χ4n) is 2.41. The molecule has 2 N–H and O–H groups in total. The first-order chi connectivity index (χ1) is 12.2. The lowest BCUT2D eigenvalue weighted by molar-refractivity contribution is 0.144. The van der Waals surface area contributed by atoms with Gasteiger partial charge in [0, 0.05) is 26.3 Å². The van der Waals surface area contributed by atoms with E-state index < -0.39 is 0 Å². The van der Waals surface area contributed by atoms with E-state index in [0.717, 1.165) is 57.4 Å². The molecule has 1 aromatic carbocycles. The van der Waals surface area contributed by atoms with Crippen molar-refractivity contribution in [3.63, 3.8) is 0 Å². The van der Waals surface area contributed by atoms with E-state index in [2.05, 4.69) is 48.5 Å². The third-order valence-electron chi connectivity index (χ3n) is 3.71. The zero-order valence-electron chi connectivity index (χ0n) is 16.3. The average molecular weight is 350 g/mol. The largest absolute Gasteiger partial charge is 0.491 e. The predicted molar refractivity (Wildman–Crippen MR) is 106 cm³/mol. The summed E-state index contributed by atoms with van der Waals surface area (Å²) in [7, 11) is 0. The van der Waals surface area contributed by atoms with Gasteiger partial charge >= 0.3 is 0 Å². The van der Waals surface area contributed by atoms with E-state index in [9.17, 15) is 0 Å². The molecule has 5 nitrogen and oxygen atoms in total. The highest BCUT2D eigenvalue weighted by molar-refractivity contribution is 5.79. The minimum absolute atomic E-state index is 0.458. The minimum Gasteiger partial charge on any atom is -0.491 e. The van der Waals surface area contributed by atoms with Gasteiger partial charge in [0.15, 0.2) is 5.96 Å². The van der Waals surface area contributed by atoms with Gasteiger partial charge in [-0.3, -0.25) is 4.99 Å². The highest BCUT2D eigenvalue weighted by Crippen LogP contribution is 2.25. The van der Waals surface area contributed by atoms with Crippen LogP contribution in [0.4, 0.5) is 0 Å². The van der Waals surface area contributed by atoms with Gasteiger partial charge in [-0.2, -0.15) is 0 Å². The highest BCUT2D eigenvalue weighted by Gasteiger charge is 2.06. The summed E-state index contributed by atoms with van der Waals surface area (Å²) >= 11 is 0. The molecule has 0 bridgehead atoms. The first kappa shape index (κ1) is 21.3. The molecule has 0 amide bonds. The molecule has 0 aliphatic carbocycles. The first-order valence-corrected chi connectivity index (χ1v) is 9.50. The molecular weight excluding hydrogens is 314 g/mol. The second kappa shape index (κ2) is 13.5. The van der Waals surface area contributed by atoms with E-state index in [0.29, 0.717) is 12.5 Å². The number of ether oxygens (including phenoxy) is 2. The Bertz CT molecular complexity index is 490. The van der Waals surface area contributed by atoms with E-state index in [1.807, 2.05) is 19.1 Å². The van der Waals surface area contributed by atoms with Crippen LogP contribution in [0.25, 0.3) is 0 Å². The van der Waals surface area contributed by atoms with Gasteiger partial charge < -0.3 is 20.1 Å². The third-order valence-corrected chi connectivity index (χ3v) is 3.71. The Morgan fingerprint density at radius 1 is 1.08 bits per heavy atom. The van der Waals surface area contributed by atoms with Gasteiger partial charge in [0.1, 0.15) is 12.4 Å². The Morgan fingerprint density at radius 2 is 1.88 bits per heavy atom. The maximum atomic E-state index is 5.94. The molecule has 142 valence electrons. The molecule has 0 aromatic heterocycles. The molecule has 0 aliphatic rings. The lowest BCUT2D eigenvalue weighted by atomic mass is 10.0. The summed E-state index contributed by atoms with van der Waals surface area (Å²) in [5, 5.41) is 6.59. The van der Waals surface area contributed by atoms with Crippen molar-refractivity contribution in [3.8, 4) is 5.75 Å². The first-order valence-electron chi connectivity index (χ1n) is 9.50. The number of unbranched alkanes of at least 4 members (excludes halogenated alkanes) is 1. The van der Waals surface area contributed by atoms with Gasteiger partial charge in [0.2, 0.25) is 0 Å². The van der Waals surface area contributed by atoms with Crippen LogP contribution in [0.15, 0.2) is 29.3 Å². The van der Waals surface area contributed by atoms with Gasteiger partial charge in [-0.25, -0.2) is 0 Å². The summed E-state index contributed by atoms with van der Waals surface area (Å²) in [4.78, 5) is 4.58. The summed E-state index contributed by atoms with van der Waals surface area (Å²) in [5.41, 5.74) is 1.25. The monoisotopic (exact) mass is 349 g/mol. The Hall–Kier alpha value is -1.75. The molecule has 0 fully saturated rings. The molecular formula is C20H35N3O2. The van der Waals surface area contributed by atoms with Crippen LogP contribution in [0.3, 0.4) is 0 Å². The standard InChI is InChI=1S/C20H35N3O2/c1-5-21-20(22-13-9-10-15-24-6-2)23-14-16-25-19-12-8-7-11-18(19)17(3)4/h7-8,11-12,17H,5-6,9-10,13-16H2,1-4H3,(H2,21,22,23). The molecule has 0 atom stereocenters. The van der Waals surface area contributed by atoms with Crippen LogP contribution in [0, 0.1) is 0 Å². The summed E-state index contributed by atoms with van der Waals surface area (Å²) in [6.07, 6.45) is 2.08. The maximum Gasteiger partial charge on any atom is 0.191 e. The van der Waals surface area contributed by atoms with E-state index in [4.69, 9.17) is 9.47 Å². The lowest BCUT2D eigenvalue weighted by Crippen LogP contribution is -2.39. The molecule has 0 unspecified atom stereocenters. The van der Waals surface area contributed by atoms with Crippen LogP contribution in [0.2, 0.25) is 0 Å². The van der Waals surface area contributed by atoms with E-state index >= 15 is 0 Å². The number of aliphatic imine (C=N–C) groups is 1. The second-order valence-electron chi connectivity index (χ2n) is 6.13. The van der Waals surface area contributed by atoms with Crippen LogP contribution in [-0.2, 0) is 4.74 Å². The molecule has 5 heteroatoms. The minimum atomic E-state index is 0.458. The molecule has 0 radical (unpaired) electrons. The third kappa shape index (κ3) is 9.34. The van der Waals surface area contributed by atoms with Crippen molar-refractivity contribution in [2.24, 2.45) is 4.99 Å². The summed E-state index contributed by atoms with van der Waals surface area (Å²) in [5.74, 6) is 2.27. The average Bonchev–Trinajstić information content (AvgIpc) is 2.61. The van der Waals surface area contributed by atoms with Crippen molar-refractivity contribution in [3.05, 3.63) is 29.8 Å². The van der Waals surface area contributed by atoms with E-state index in [-0.39, 0.29) is 0 Å². The molecule has 25 heavy (non-hydrogen) atoms. The van der Waals surface area contributed by atoms with Crippen LogP contribution < -0.4 is 15.4 Å². The summed E-state index contributed by atoms with van der Waals surface area (Å²) in [6, 6.07) is 8.23. The number of rotatable bonds is 12. The molecule has 0 spiro atoms. The zero-order valence-corrected chi connectivity index (χ0v) is 16.3. The number of nitrogens with zero attached hydrogens (tertiary/aromatic N) is 1. The quantitative estimate of drug-likeness (QED) is 0.344. The number of hydrogen-bond donors (Lipinski definition) is 2. The molecule has 0 saturated carbocycles. The Labute approximate surface area is 153 Å². The van der Waals surface area contributed by atoms with Crippen molar-refractivity contribution >= 4 is 5.96 Å². The van der Waals surface area contributed by atoms with Gasteiger partial charge in [0.05, 0.1) is 6.54 Å². The molecule has 0 saturated heterocycles. The zero-order chi connectivity index (χ0) is 18.3. The topological polar surface area (TPSA) is 54.9 Å². The van der Waals surface area contributed by atoms with Crippen molar-refractivity contribution in [1.82, 2.24) is 10.6 Å². The number of benzene rings is 1. The lowest BCUT2D eigenvalue weighted by Gasteiger charge is -2.15. The predicted octanol–water partition coefficient (Wildman–Crippen LogP) is 3.56. The SMILES string of the molecule is CCNC(=NCCCCOCC)NCCOc1ccccc1C(C)C. The van der Waals surface area contributed by atoms with Crippen molar-refractivity contribution < 1.29 is 9.47 Å². The van der Waals surface area contributed by atoms with Gasteiger partial charge in [-0.05, 0) is 44.2 Å². The number of para-hydroxylation sites is 1. The maximum absolute atomic E-state index is 5.94. The van der Waals surface area contributed by atoms with Gasteiger partial charge in [-0.15, -0.1) is 0 Å². The van der Waals surface area contributed by atoms with Crippen LogP contribution >= 0.6 is 0 Å². The second-order valence-corrected chi connectivity index (χ2v) is 6.13. The smallest absolute Gasteiger partial charge is 0.191 e. The van der Waals surface area contributed by atoms with Crippen molar-refractivity contribution in [2.45, 2.75) is 46.5 Å². The van der Waals surface area contributed by atoms with Gasteiger partial charge in [-0.1, -0.05) is 32.0 Å². The fraction of sp³-hybridized carbons (Fsp3) is 0.650. The number of guanidine groups is 1. The highest BCUT2D eigenvalue weighted by atomic mass is 16.5. The van der Waals surface area contributed by atoms with Crippen LogP contribution in [-0.4, -0.2) is 45.4 Å². The number of hydrogen-bond acceptors (Lipinski definition) is 3. The summed E-state index contributed by atoms with van der Waals surface area (Å²) in [6.45, 7) is 13.0. The Balaban J connectivity index is 2.33. The van der Waals surface area contributed by atoms with Crippen molar-refractivity contribution in [2.75, 3.05) is 39.5 Å². The Kier molecular flexibility index (Phi) is 11.5. The van der Waals surface area contributed by atoms with Crippen LogP contribution in [0.1, 0.15) is 52.0 Å². The number of nitrogens with one attached hydrogen (secondary N) is 2. The van der Waals surface area contributed by atoms with Gasteiger partial charge in [0.25, 0.3) is 0 Å². The molecule has 1 rings (SSSR count). The summed E-state index contributed by atoms with van der Waals surface area (Å²) < 4.78 is 11.3. The Morgan fingerprint density at radius 3 is 2.60 bits per heavy atom. The molecule has 0 heterocycles. The molecule has 0 aliphatic heterocycles. The normalized spacial score (nSPS) is 11.6.